The molecule has 3 N–H and O–H groups in total. The van der Waals surface area contributed by atoms with Crippen molar-refractivity contribution >= 4 is 22.6 Å². The van der Waals surface area contributed by atoms with Gasteiger partial charge in [-0.05, 0) is 24.1 Å². The van der Waals surface area contributed by atoms with Gasteiger partial charge in [0.2, 0.25) is 5.91 Å². The monoisotopic (exact) mass is 258 g/mol. The molecule has 0 aliphatic rings. The minimum Gasteiger partial charge on any atom is -0.325 e. The maximum absolute atomic E-state index is 11.9. The Morgan fingerprint density at radius 3 is 2.63 bits per heavy atom. The summed E-state index contributed by atoms with van der Waals surface area (Å²) in [7, 11) is 0. The van der Waals surface area contributed by atoms with Gasteiger partial charge in [0.15, 0.2) is 0 Å². The smallest absolute Gasteiger partial charge is 0.323 e. The van der Waals surface area contributed by atoms with Crippen LogP contribution < -0.4 is 11.0 Å². The molecule has 98 valence electrons. The van der Waals surface area contributed by atoms with Crippen LogP contribution >= 0.6 is 0 Å². The second kappa shape index (κ2) is 4.98. The average Bonchev–Trinajstić information content (AvgIpc) is 2.68. The van der Waals surface area contributed by atoms with Crippen molar-refractivity contribution in [1.29, 1.82) is 5.26 Å². The van der Waals surface area contributed by atoms with Gasteiger partial charge in [-0.25, -0.2) is 4.79 Å². The van der Waals surface area contributed by atoms with E-state index in [-0.39, 0.29) is 17.5 Å². The Hall–Kier alpha value is -2.55. The lowest BCUT2D eigenvalue weighted by atomic mass is 9.96. The lowest BCUT2D eigenvalue weighted by Crippen LogP contribution is -2.25. The molecule has 6 nitrogen and oxygen atoms in total. The number of nitrogens with zero attached hydrogens (tertiary/aromatic N) is 1. The molecule has 0 saturated carbocycles. The van der Waals surface area contributed by atoms with Crippen LogP contribution in [0.5, 0.6) is 0 Å². The first-order valence-corrected chi connectivity index (χ1v) is 5.94. The third-order valence-corrected chi connectivity index (χ3v) is 2.87. The fraction of sp³-hybridized carbons (Fsp3) is 0.308. The molecule has 1 amide bonds. The van der Waals surface area contributed by atoms with Crippen molar-refractivity contribution in [1.82, 2.24) is 9.97 Å². The summed E-state index contributed by atoms with van der Waals surface area (Å²) in [4.78, 5) is 28.3. The van der Waals surface area contributed by atoms with Gasteiger partial charge in [-0.2, -0.15) is 5.26 Å². The lowest BCUT2D eigenvalue weighted by Gasteiger charge is -2.12. The molecular formula is C13H14N4O2. The van der Waals surface area contributed by atoms with Crippen LogP contribution in [0, 0.1) is 23.2 Å². The molecule has 2 aromatic rings. The van der Waals surface area contributed by atoms with Gasteiger partial charge in [0, 0.05) is 5.69 Å². The molecule has 0 radical (unpaired) electrons. The molecule has 1 aromatic carbocycles. The highest BCUT2D eigenvalue weighted by atomic mass is 16.2. The Kier molecular flexibility index (Phi) is 3.38. The average molecular weight is 258 g/mol. The standard InChI is InChI=1S/C13H14N4O2/c1-7(2)9(6-14)12(18)15-8-3-4-10-11(5-8)17-13(19)16-10/h3-5,7,9H,1-2H3,(H,15,18)(H2,16,17,19). The predicted molar refractivity (Wildman–Crippen MR) is 71.5 cm³/mol. The number of aromatic amines is 2. The quantitative estimate of drug-likeness (QED) is 0.779. The predicted octanol–water partition coefficient (Wildman–Crippen LogP) is 1.59. The molecule has 0 aliphatic heterocycles. The van der Waals surface area contributed by atoms with E-state index < -0.39 is 5.92 Å². The number of fused-ring (bicyclic) bond motifs is 1. The summed E-state index contributed by atoms with van der Waals surface area (Å²) in [6, 6.07) is 7.01. The number of aromatic nitrogens is 2. The molecule has 1 heterocycles. The van der Waals surface area contributed by atoms with Crippen LogP contribution in [0.4, 0.5) is 5.69 Å². The molecule has 6 heteroatoms. The summed E-state index contributed by atoms with van der Waals surface area (Å²) in [5.74, 6) is -1.09. The molecule has 2 rings (SSSR count). The van der Waals surface area contributed by atoms with E-state index in [1.165, 1.54) is 0 Å². The molecule has 0 aliphatic carbocycles. The number of hydrogen-bond donors (Lipinski definition) is 3. The SMILES string of the molecule is CC(C)C(C#N)C(=O)Nc1ccc2[nH]c(=O)[nH]c2c1. The number of anilines is 1. The van der Waals surface area contributed by atoms with Crippen molar-refractivity contribution in [3.63, 3.8) is 0 Å². The number of nitrogens with one attached hydrogen (secondary N) is 3. The van der Waals surface area contributed by atoms with Gasteiger partial charge in [-0.15, -0.1) is 0 Å². The van der Waals surface area contributed by atoms with Crippen LogP contribution in [0.3, 0.4) is 0 Å². The number of amides is 1. The van der Waals surface area contributed by atoms with Crippen LogP contribution in [0.1, 0.15) is 13.8 Å². The highest BCUT2D eigenvalue weighted by Gasteiger charge is 2.21. The number of carbonyl (C=O) groups excluding carboxylic acids is 1. The zero-order valence-electron chi connectivity index (χ0n) is 10.7. The number of hydrogen-bond acceptors (Lipinski definition) is 3. The van der Waals surface area contributed by atoms with Crippen molar-refractivity contribution in [2.24, 2.45) is 11.8 Å². The molecule has 0 spiro atoms. The van der Waals surface area contributed by atoms with Crippen LogP contribution in [0.25, 0.3) is 11.0 Å². The normalized spacial score (nSPS) is 12.3. The minimum atomic E-state index is -0.694. The van der Waals surface area contributed by atoms with Crippen LogP contribution in [-0.2, 0) is 4.79 Å². The van der Waals surface area contributed by atoms with Crippen LogP contribution in [-0.4, -0.2) is 15.9 Å². The number of H-pyrrole nitrogens is 2. The minimum absolute atomic E-state index is 0.0548. The summed E-state index contributed by atoms with van der Waals surface area (Å²) >= 11 is 0. The number of carbonyl (C=O) groups is 1. The number of nitriles is 1. The van der Waals surface area contributed by atoms with Crippen molar-refractivity contribution in [3.05, 3.63) is 28.7 Å². The van der Waals surface area contributed by atoms with E-state index >= 15 is 0 Å². The number of imidazole rings is 1. The second-order valence-electron chi connectivity index (χ2n) is 4.68. The summed E-state index contributed by atoms with van der Waals surface area (Å²) in [5, 5.41) is 11.6. The molecule has 0 bridgehead atoms. The molecule has 19 heavy (non-hydrogen) atoms. The van der Waals surface area contributed by atoms with E-state index in [1.807, 2.05) is 19.9 Å². The topological polar surface area (TPSA) is 102 Å². The highest BCUT2D eigenvalue weighted by molar-refractivity contribution is 5.95. The third-order valence-electron chi connectivity index (χ3n) is 2.87. The fourth-order valence-corrected chi connectivity index (χ4v) is 1.84. The van der Waals surface area contributed by atoms with Crippen molar-refractivity contribution in [2.75, 3.05) is 5.32 Å². The van der Waals surface area contributed by atoms with E-state index in [2.05, 4.69) is 15.3 Å². The van der Waals surface area contributed by atoms with Gasteiger partial charge < -0.3 is 15.3 Å². The summed E-state index contributed by atoms with van der Waals surface area (Å²) < 4.78 is 0. The Balaban J connectivity index is 2.24. The first kappa shape index (κ1) is 12.9. The third kappa shape index (κ3) is 2.65. The summed E-state index contributed by atoms with van der Waals surface area (Å²) in [6.07, 6.45) is 0. The number of benzene rings is 1. The van der Waals surface area contributed by atoms with E-state index in [9.17, 15) is 9.59 Å². The van der Waals surface area contributed by atoms with E-state index in [0.717, 1.165) is 0 Å². The van der Waals surface area contributed by atoms with Gasteiger partial charge in [-0.1, -0.05) is 13.8 Å². The Bertz CT molecular complexity index is 705. The molecule has 1 aromatic heterocycles. The van der Waals surface area contributed by atoms with E-state index in [0.29, 0.717) is 16.7 Å². The van der Waals surface area contributed by atoms with Crippen LogP contribution in [0.2, 0.25) is 0 Å². The molecule has 0 fully saturated rings. The highest BCUT2D eigenvalue weighted by Crippen LogP contribution is 2.17. The maximum atomic E-state index is 11.9. The van der Waals surface area contributed by atoms with Crippen LogP contribution in [0.15, 0.2) is 23.0 Å². The zero-order valence-corrected chi connectivity index (χ0v) is 10.7. The summed E-state index contributed by atoms with van der Waals surface area (Å²) in [6.45, 7) is 3.64. The lowest BCUT2D eigenvalue weighted by molar-refractivity contribution is -0.119. The molecule has 1 unspecified atom stereocenters. The first-order chi connectivity index (χ1) is 9.01. The first-order valence-electron chi connectivity index (χ1n) is 5.94. The van der Waals surface area contributed by atoms with Gasteiger partial charge in [0.1, 0.15) is 5.92 Å². The van der Waals surface area contributed by atoms with Gasteiger partial charge >= 0.3 is 5.69 Å². The van der Waals surface area contributed by atoms with E-state index in [1.54, 1.807) is 18.2 Å². The zero-order chi connectivity index (χ0) is 14.0. The van der Waals surface area contributed by atoms with Crippen molar-refractivity contribution in [2.45, 2.75) is 13.8 Å². The van der Waals surface area contributed by atoms with E-state index in [4.69, 9.17) is 5.26 Å². The Morgan fingerprint density at radius 2 is 2.00 bits per heavy atom. The van der Waals surface area contributed by atoms with Gasteiger partial charge in [-0.3, -0.25) is 4.79 Å². The van der Waals surface area contributed by atoms with Gasteiger partial charge in [0.25, 0.3) is 0 Å². The largest absolute Gasteiger partial charge is 0.325 e. The number of rotatable bonds is 3. The molecular weight excluding hydrogens is 244 g/mol. The second-order valence-corrected chi connectivity index (χ2v) is 4.68. The Labute approximate surface area is 109 Å². The maximum Gasteiger partial charge on any atom is 0.323 e. The Morgan fingerprint density at radius 1 is 1.32 bits per heavy atom. The molecule has 1 atom stereocenters. The molecule has 0 saturated heterocycles. The van der Waals surface area contributed by atoms with Crippen molar-refractivity contribution in [3.8, 4) is 6.07 Å². The van der Waals surface area contributed by atoms with Crippen molar-refractivity contribution < 1.29 is 4.79 Å². The van der Waals surface area contributed by atoms with Gasteiger partial charge in [0.05, 0.1) is 17.1 Å². The summed E-state index contributed by atoms with van der Waals surface area (Å²) in [5.41, 5.74) is 1.54. The fourth-order valence-electron chi connectivity index (χ4n) is 1.84.